The van der Waals surface area contributed by atoms with E-state index in [4.69, 9.17) is 23.7 Å². The van der Waals surface area contributed by atoms with E-state index in [2.05, 4.69) is 19.1 Å². The maximum Gasteiger partial charge on any atom is 0.320 e. The van der Waals surface area contributed by atoms with E-state index >= 15 is 0 Å². The second-order valence-electron chi connectivity index (χ2n) is 16.4. The standard InChI is InChI=1S/C41H63NO10S/c1-13-30-41(9)31(35(38(47)52-41)53-21-23(3)28-17-15-14-16-18-28)25(5)32(43)22(2)20-40(8,48-12)36(26(6)33(44)27(7)37(46)50-30)51-39-34(45)29(42(10)11)19-24(4)49-39/h14-18,22-27,29-31,34-36,39,45H,13,19-21H2,1-12H3/t22-,23?,24-,25-,26+,27-,29+,30-,31+,34-,35+,36-,39+,40-,41-/m1/s1. The van der Waals surface area contributed by atoms with Gasteiger partial charge in [-0.05, 0) is 72.5 Å². The number of hydrogen-bond acceptors (Lipinski definition) is 12. The first kappa shape index (κ1) is 43.4. The van der Waals surface area contributed by atoms with Gasteiger partial charge >= 0.3 is 11.9 Å². The monoisotopic (exact) mass is 761 g/mol. The minimum atomic E-state index is -1.33. The molecule has 3 heterocycles. The molecule has 0 amide bonds. The zero-order valence-corrected chi connectivity index (χ0v) is 34.5. The molecule has 11 nitrogen and oxygen atoms in total. The number of aliphatic hydroxyl groups is 1. The molecule has 0 aliphatic carbocycles. The van der Waals surface area contributed by atoms with Crippen LogP contribution in [0.5, 0.6) is 0 Å². The normalized spacial score (nSPS) is 41.0. The Balaban J connectivity index is 1.75. The van der Waals surface area contributed by atoms with Crippen molar-refractivity contribution in [2.75, 3.05) is 27.0 Å². The third kappa shape index (κ3) is 9.04. The number of nitrogens with zero attached hydrogens (tertiary/aromatic N) is 1. The molecule has 12 heteroatoms. The van der Waals surface area contributed by atoms with Gasteiger partial charge in [-0.15, -0.1) is 11.8 Å². The Labute approximate surface area is 320 Å². The van der Waals surface area contributed by atoms with Crippen LogP contribution in [0.4, 0.5) is 0 Å². The fourth-order valence-corrected chi connectivity index (χ4v) is 10.5. The second-order valence-corrected chi connectivity index (χ2v) is 17.6. The van der Waals surface area contributed by atoms with Gasteiger partial charge in [0.1, 0.15) is 29.2 Å². The molecule has 1 aromatic rings. The number of methoxy groups -OCH3 is 1. The van der Waals surface area contributed by atoms with Crippen LogP contribution in [0.15, 0.2) is 30.3 Å². The summed E-state index contributed by atoms with van der Waals surface area (Å²) < 4.78 is 31.2. The van der Waals surface area contributed by atoms with Crippen molar-refractivity contribution in [2.45, 2.75) is 141 Å². The minimum absolute atomic E-state index is 0.107. The molecular weight excluding hydrogens is 699 g/mol. The first-order chi connectivity index (χ1) is 24.8. The molecule has 298 valence electrons. The number of likely N-dealkylation sites (N-methyl/N-ethyl adjacent to an activating group) is 1. The lowest BCUT2D eigenvalue weighted by Gasteiger charge is -2.47. The van der Waals surface area contributed by atoms with Crippen molar-refractivity contribution in [3.63, 3.8) is 0 Å². The Morgan fingerprint density at radius 3 is 2.21 bits per heavy atom. The highest BCUT2D eigenvalue weighted by molar-refractivity contribution is 8.00. The highest BCUT2D eigenvalue weighted by Crippen LogP contribution is 2.49. The smallest absolute Gasteiger partial charge is 0.320 e. The van der Waals surface area contributed by atoms with Crippen molar-refractivity contribution >= 4 is 35.3 Å². The third-order valence-corrected chi connectivity index (χ3v) is 13.7. The van der Waals surface area contributed by atoms with Crippen LogP contribution in [0.3, 0.4) is 0 Å². The maximum absolute atomic E-state index is 14.7. The number of hydrogen-bond donors (Lipinski definition) is 1. The molecule has 53 heavy (non-hydrogen) atoms. The Bertz CT molecular complexity index is 1440. The highest BCUT2D eigenvalue weighted by Gasteiger charge is 2.61. The Kier molecular flexibility index (Phi) is 14.4. The van der Waals surface area contributed by atoms with Gasteiger partial charge < -0.3 is 33.7 Å². The van der Waals surface area contributed by atoms with E-state index in [1.807, 2.05) is 64.9 Å². The predicted octanol–water partition coefficient (Wildman–Crippen LogP) is 5.45. The van der Waals surface area contributed by atoms with E-state index in [-0.39, 0.29) is 30.3 Å². The molecule has 3 fully saturated rings. The molecule has 3 aliphatic rings. The second kappa shape index (κ2) is 17.6. The van der Waals surface area contributed by atoms with E-state index in [0.717, 1.165) is 5.56 Å². The van der Waals surface area contributed by atoms with Crippen LogP contribution in [0.2, 0.25) is 0 Å². The number of carbonyl (C=O) groups is 4. The molecule has 0 aromatic heterocycles. The average Bonchev–Trinajstić information content (AvgIpc) is 3.39. The van der Waals surface area contributed by atoms with Gasteiger partial charge in [0.15, 0.2) is 17.7 Å². The van der Waals surface area contributed by atoms with Gasteiger partial charge in [0.25, 0.3) is 0 Å². The van der Waals surface area contributed by atoms with Crippen LogP contribution in [0.1, 0.15) is 93.1 Å². The SMILES string of the molecule is CC[C@H]1OC(=O)[C@H](C)C(=O)[C@H](C)[C@@H](O[C@@H]2O[C@H](C)C[C@H](N(C)C)[C@H]2O)[C@](C)(OC)C[C@@H](C)C(=O)[C@H](C)[C@H]2[C@H](SCC(C)c3ccccc3)C(=O)O[C@@]21C. The van der Waals surface area contributed by atoms with Crippen molar-refractivity contribution in [3.8, 4) is 0 Å². The van der Waals surface area contributed by atoms with E-state index in [1.165, 1.54) is 25.8 Å². The number of Topliss-reactive ketones (excluding diaryl/α,β-unsaturated/α-hetero) is 2. The van der Waals surface area contributed by atoms with Crippen LogP contribution < -0.4 is 0 Å². The zero-order valence-electron chi connectivity index (χ0n) is 33.7. The lowest BCUT2D eigenvalue weighted by molar-refractivity contribution is -0.295. The number of cyclic esters (lactones) is 1. The molecule has 0 saturated carbocycles. The number of esters is 2. The number of rotatable bonds is 9. The molecule has 0 spiro atoms. The molecule has 1 aromatic carbocycles. The Morgan fingerprint density at radius 2 is 1.62 bits per heavy atom. The van der Waals surface area contributed by atoms with Gasteiger partial charge in [-0.2, -0.15) is 0 Å². The summed E-state index contributed by atoms with van der Waals surface area (Å²) in [6, 6.07) is 9.77. The highest BCUT2D eigenvalue weighted by atomic mass is 32.2. The maximum atomic E-state index is 14.7. The summed E-state index contributed by atoms with van der Waals surface area (Å²) in [5.41, 5.74) is -1.43. The summed E-state index contributed by atoms with van der Waals surface area (Å²) in [7, 11) is 5.26. The van der Waals surface area contributed by atoms with Crippen LogP contribution in [0.25, 0.3) is 0 Å². The van der Waals surface area contributed by atoms with Crippen LogP contribution >= 0.6 is 11.8 Å². The summed E-state index contributed by atoms with van der Waals surface area (Å²) in [5, 5.41) is 10.7. The van der Waals surface area contributed by atoms with Gasteiger partial charge in [-0.25, -0.2) is 0 Å². The van der Waals surface area contributed by atoms with Crippen molar-refractivity contribution in [1.82, 2.24) is 4.90 Å². The number of benzene rings is 1. The first-order valence-electron chi connectivity index (χ1n) is 19.2. The van der Waals surface area contributed by atoms with Crippen molar-refractivity contribution in [1.29, 1.82) is 0 Å². The van der Waals surface area contributed by atoms with E-state index in [9.17, 15) is 24.3 Å². The van der Waals surface area contributed by atoms with Gasteiger partial charge in [0.05, 0.1) is 17.8 Å². The minimum Gasteiger partial charge on any atom is -0.458 e. The number of fused-ring (bicyclic) bond motifs is 1. The van der Waals surface area contributed by atoms with Crippen LogP contribution in [0, 0.1) is 29.6 Å². The molecule has 0 radical (unpaired) electrons. The molecule has 1 unspecified atom stereocenters. The number of ether oxygens (including phenoxy) is 5. The quantitative estimate of drug-likeness (QED) is 0.253. The van der Waals surface area contributed by atoms with Gasteiger partial charge in [0, 0.05) is 42.6 Å². The van der Waals surface area contributed by atoms with Gasteiger partial charge in [-0.1, -0.05) is 65.0 Å². The van der Waals surface area contributed by atoms with Crippen LogP contribution in [-0.2, 0) is 42.9 Å². The van der Waals surface area contributed by atoms with Crippen molar-refractivity contribution in [3.05, 3.63) is 35.9 Å². The third-order valence-electron chi connectivity index (χ3n) is 12.2. The number of ketones is 2. The Hall–Kier alpha value is -2.35. The van der Waals surface area contributed by atoms with Gasteiger partial charge in [-0.3, -0.25) is 19.2 Å². The number of thioether (sulfide) groups is 1. The first-order valence-corrected chi connectivity index (χ1v) is 20.2. The van der Waals surface area contributed by atoms with E-state index in [0.29, 0.717) is 18.6 Å². The predicted molar refractivity (Wildman–Crippen MR) is 203 cm³/mol. The average molecular weight is 762 g/mol. The number of carbonyl (C=O) groups excluding carboxylic acids is 4. The summed E-state index contributed by atoms with van der Waals surface area (Å²) in [4.78, 5) is 58.6. The summed E-state index contributed by atoms with van der Waals surface area (Å²) in [6.45, 7) is 16.2. The fraction of sp³-hybridized carbons (Fsp3) is 0.756. The van der Waals surface area contributed by atoms with E-state index in [1.54, 1.807) is 20.8 Å². The van der Waals surface area contributed by atoms with E-state index < -0.39 is 88.4 Å². The topological polar surface area (TPSA) is 138 Å². The van der Waals surface area contributed by atoms with Crippen molar-refractivity contribution in [2.24, 2.45) is 29.6 Å². The lowest BCUT2D eigenvalue weighted by Crippen LogP contribution is -2.59. The molecule has 4 rings (SSSR count). The van der Waals surface area contributed by atoms with Crippen molar-refractivity contribution < 1.29 is 48.0 Å². The molecular formula is C41H63NO10S. The molecule has 3 aliphatic heterocycles. The Morgan fingerprint density at radius 1 is 0.981 bits per heavy atom. The molecule has 1 N–H and O–H groups in total. The summed E-state index contributed by atoms with van der Waals surface area (Å²) in [5.74, 6) is -5.08. The molecule has 15 atom stereocenters. The zero-order chi connectivity index (χ0) is 39.6. The lowest BCUT2D eigenvalue weighted by atomic mass is 9.70. The molecule has 3 saturated heterocycles. The van der Waals surface area contributed by atoms with Gasteiger partial charge in [0.2, 0.25) is 0 Å². The summed E-state index contributed by atoms with van der Waals surface area (Å²) >= 11 is 1.47. The summed E-state index contributed by atoms with van der Waals surface area (Å²) in [6.07, 6.45) is -3.29. The molecule has 0 bridgehead atoms. The van der Waals surface area contributed by atoms with Crippen LogP contribution in [-0.4, -0.2) is 114 Å². The largest absolute Gasteiger partial charge is 0.458 e. The fourth-order valence-electron chi connectivity index (χ4n) is 8.87. The number of aliphatic hydroxyl groups excluding tert-OH is 1.